The van der Waals surface area contributed by atoms with Crippen LogP contribution in [0, 0.1) is 11.3 Å². The Morgan fingerprint density at radius 1 is 1.11 bits per heavy atom. The first-order valence-corrected chi connectivity index (χ1v) is 6.91. The van der Waals surface area contributed by atoms with E-state index in [0.717, 1.165) is 11.3 Å². The molecule has 18 heavy (non-hydrogen) atoms. The quantitative estimate of drug-likeness (QED) is 0.835. The van der Waals surface area contributed by atoms with E-state index in [1.165, 1.54) is 4.90 Å². The third kappa shape index (κ3) is 3.06. The number of rotatable bonds is 4. The standard InChI is InChI=1S/C15H14N2S/c1-18-14-9-5-8-13(10-14)17-15(11-16)12-6-3-2-4-7-12/h2-10,15,17H,1H3/t15-/m1/s1. The lowest BCUT2D eigenvalue weighted by atomic mass is 10.1. The summed E-state index contributed by atoms with van der Waals surface area (Å²) in [5.74, 6) is 0. The van der Waals surface area contributed by atoms with Crippen LogP contribution >= 0.6 is 11.8 Å². The minimum Gasteiger partial charge on any atom is -0.366 e. The van der Waals surface area contributed by atoms with Gasteiger partial charge in [-0.1, -0.05) is 36.4 Å². The Hall–Kier alpha value is -1.92. The largest absolute Gasteiger partial charge is 0.366 e. The van der Waals surface area contributed by atoms with E-state index in [0.29, 0.717) is 0 Å². The number of hydrogen-bond acceptors (Lipinski definition) is 3. The van der Waals surface area contributed by atoms with Crippen LogP contribution in [0.1, 0.15) is 11.6 Å². The molecule has 0 unspecified atom stereocenters. The maximum absolute atomic E-state index is 9.25. The van der Waals surface area contributed by atoms with Gasteiger partial charge in [0.2, 0.25) is 0 Å². The molecule has 1 N–H and O–H groups in total. The lowest BCUT2D eigenvalue weighted by Crippen LogP contribution is -2.08. The third-order valence-electron chi connectivity index (χ3n) is 2.64. The van der Waals surface area contributed by atoms with Crippen molar-refractivity contribution in [2.45, 2.75) is 10.9 Å². The number of thioether (sulfide) groups is 1. The number of nitrogens with zero attached hydrogens (tertiary/aromatic N) is 1. The molecular weight excluding hydrogens is 240 g/mol. The van der Waals surface area contributed by atoms with Gasteiger partial charge in [-0.3, -0.25) is 0 Å². The minimum atomic E-state index is -0.316. The molecule has 90 valence electrons. The summed E-state index contributed by atoms with van der Waals surface area (Å²) < 4.78 is 0. The Bertz CT molecular complexity index is 546. The SMILES string of the molecule is CSc1cccc(N[C@H](C#N)c2ccccc2)c1. The van der Waals surface area contributed by atoms with Crippen molar-refractivity contribution >= 4 is 17.4 Å². The molecule has 2 aromatic rings. The zero-order valence-corrected chi connectivity index (χ0v) is 10.9. The summed E-state index contributed by atoms with van der Waals surface area (Å²) in [4.78, 5) is 1.18. The van der Waals surface area contributed by atoms with Gasteiger partial charge in [0.05, 0.1) is 6.07 Å². The summed E-state index contributed by atoms with van der Waals surface area (Å²) in [5, 5.41) is 12.5. The van der Waals surface area contributed by atoms with Crippen LogP contribution in [-0.2, 0) is 0 Å². The molecule has 0 fully saturated rings. The van der Waals surface area contributed by atoms with Crippen molar-refractivity contribution in [3.05, 3.63) is 60.2 Å². The number of nitriles is 1. The first-order valence-electron chi connectivity index (χ1n) is 5.68. The summed E-state index contributed by atoms with van der Waals surface area (Å²) in [6.45, 7) is 0. The predicted molar refractivity (Wildman–Crippen MR) is 76.6 cm³/mol. The summed E-state index contributed by atoms with van der Waals surface area (Å²) >= 11 is 1.69. The van der Waals surface area contributed by atoms with Crippen molar-refractivity contribution in [3.63, 3.8) is 0 Å². The molecule has 2 rings (SSSR count). The number of hydrogen-bond donors (Lipinski definition) is 1. The molecule has 1 atom stereocenters. The highest BCUT2D eigenvalue weighted by Gasteiger charge is 2.09. The van der Waals surface area contributed by atoms with Crippen molar-refractivity contribution < 1.29 is 0 Å². The van der Waals surface area contributed by atoms with E-state index in [1.54, 1.807) is 11.8 Å². The van der Waals surface area contributed by atoms with Gasteiger partial charge in [0, 0.05) is 10.6 Å². The summed E-state index contributed by atoms with van der Waals surface area (Å²) in [5.41, 5.74) is 1.95. The molecule has 0 saturated carbocycles. The van der Waals surface area contributed by atoms with Crippen molar-refractivity contribution in [3.8, 4) is 6.07 Å². The number of benzene rings is 2. The fourth-order valence-corrected chi connectivity index (χ4v) is 2.17. The molecule has 0 bridgehead atoms. The topological polar surface area (TPSA) is 35.8 Å². The summed E-state index contributed by atoms with van der Waals surface area (Å²) in [7, 11) is 0. The average Bonchev–Trinajstić information content (AvgIpc) is 2.46. The molecule has 0 radical (unpaired) electrons. The molecule has 0 aliphatic heterocycles. The average molecular weight is 254 g/mol. The molecule has 0 spiro atoms. The second-order valence-corrected chi connectivity index (χ2v) is 4.73. The lowest BCUT2D eigenvalue weighted by Gasteiger charge is -2.13. The Morgan fingerprint density at radius 2 is 1.89 bits per heavy atom. The highest BCUT2D eigenvalue weighted by molar-refractivity contribution is 7.98. The van der Waals surface area contributed by atoms with Gasteiger partial charge < -0.3 is 5.32 Å². The van der Waals surface area contributed by atoms with Crippen molar-refractivity contribution in [1.29, 1.82) is 5.26 Å². The zero-order valence-electron chi connectivity index (χ0n) is 10.1. The van der Waals surface area contributed by atoms with Crippen molar-refractivity contribution in [2.24, 2.45) is 0 Å². The summed E-state index contributed by atoms with van der Waals surface area (Å²) in [6, 6.07) is 19.8. The van der Waals surface area contributed by atoms with E-state index in [9.17, 15) is 5.26 Å². The van der Waals surface area contributed by atoms with Gasteiger partial charge in [0.25, 0.3) is 0 Å². The third-order valence-corrected chi connectivity index (χ3v) is 3.37. The van der Waals surface area contributed by atoms with Gasteiger partial charge in [-0.05, 0) is 30.0 Å². The van der Waals surface area contributed by atoms with Gasteiger partial charge in [-0.25, -0.2) is 0 Å². The molecule has 3 heteroatoms. The summed E-state index contributed by atoms with van der Waals surface area (Å²) in [6.07, 6.45) is 2.04. The van der Waals surface area contributed by atoms with Gasteiger partial charge >= 0.3 is 0 Å². The van der Waals surface area contributed by atoms with Crippen molar-refractivity contribution in [2.75, 3.05) is 11.6 Å². The molecule has 2 aromatic carbocycles. The fourth-order valence-electron chi connectivity index (χ4n) is 1.72. The van der Waals surface area contributed by atoms with Gasteiger partial charge in [0.1, 0.15) is 6.04 Å². The Balaban J connectivity index is 2.19. The molecule has 0 saturated heterocycles. The van der Waals surface area contributed by atoms with E-state index >= 15 is 0 Å². The first kappa shape index (κ1) is 12.5. The second kappa shape index (κ2) is 6.13. The highest BCUT2D eigenvalue weighted by atomic mass is 32.2. The van der Waals surface area contributed by atoms with Gasteiger partial charge in [0.15, 0.2) is 0 Å². The lowest BCUT2D eigenvalue weighted by molar-refractivity contribution is 0.996. The Labute approximate surface area is 112 Å². The van der Waals surface area contributed by atoms with Crippen LogP contribution in [0.2, 0.25) is 0 Å². The molecular formula is C15H14N2S. The van der Waals surface area contributed by atoms with E-state index in [2.05, 4.69) is 23.5 Å². The molecule has 0 aliphatic carbocycles. The second-order valence-electron chi connectivity index (χ2n) is 3.85. The maximum atomic E-state index is 9.25. The molecule has 0 aromatic heterocycles. The molecule has 2 nitrogen and oxygen atoms in total. The Morgan fingerprint density at radius 3 is 2.56 bits per heavy atom. The Kier molecular flexibility index (Phi) is 4.27. The predicted octanol–water partition coefficient (Wildman–Crippen LogP) is 4.09. The molecule has 0 amide bonds. The van der Waals surface area contributed by atoms with Crippen LogP contribution in [-0.4, -0.2) is 6.26 Å². The van der Waals surface area contributed by atoms with Crippen LogP contribution in [0.4, 0.5) is 5.69 Å². The normalized spacial score (nSPS) is 11.6. The van der Waals surface area contributed by atoms with Crippen LogP contribution in [0.3, 0.4) is 0 Å². The van der Waals surface area contributed by atoms with Crippen LogP contribution < -0.4 is 5.32 Å². The monoisotopic (exact) mass is 254 g/mol. The van der Waals surface area contributed by atoms with E-state index in [4.69, 9.17) is 0 Å². The van der Waals surface area contributed by atoms with E-state index in [-0.39, 0.29) is 6.04 Å². The van der Waals surface area contributed by atoms with Gasteiger partial charge in [-0.2, -0.15) is 5.26 Å². The van der Waals surface area contributed by atoms with Gasteiger partial charge in [-0.15, -0.1) is 11.8 Å². The molecule has 0 heterocycles. The van der Waals surface area contributed by atoms with Crippen LogP contribution in [0.5, 0.6) is 0 Å². The number of nitrogens with one attached hydrogen (secondary N) is 1. The minimum absolute atomic E-state index is 0.316. The van der Waals surface area contributed by atoms with Crippen LogP contribution in [0.25, 0.3) is 0 Å². The van der Waals surface area contributed by atoms with Crippen molar-refractivity contribution in [1.82, 2.24) is 0 Å². The first-order chi connectivity index (χ1) is 8.83. The van der Waals surface area contributed by atoms with E-state index in [1.807, 2.05) is 48.7 Å². The van der Waals surface area contributed by atoms with Crippen LogP contribution in [0.15, 0.2) is 59.5 Å². The smallest absolute Gasteiger partial charge is 0.140 e. The zero-order chi connectivity index (χ0) is 12.8. The van der Waals surface area contributed by atoms with E-state index < -0.39 is 0 Å². The fraction of sp³-hybridized carbons (Fsp3) is 0.133. The number of anilines is 1. The molecule has 0 aliphatic rings. The highest BCUT2D eigenvalue weighted by Crippen LogP contribution is 2.23. The maximum Gasteiger partial charge on any atom is 0.140 e.